The van der Waals surface area contributed by atoms with E-state index in [4.69, 9.17) is 4.74 Å². The summed E-state index contributed by atoms with van der Waals surface area (Å²) in [5, 5.41) is 10.00. The highest BCUT2D eigenvalue weighted by Gasteiger charge is 2.14. The number of nitrogens with zero attached hydrogens (tertiary/aromatic N) is 3. The molecule has 27 heavy (non-hydrogen) atoms. The topological polar surface area (TPSA) is 61.8 Å². The molecular formula is C20H29N5OS. The van der Waals surface area contributed by atoms with Gasteiger partial charge >= 0.3 is 0 Å². The van der Waals surface area contributed by atoms with Crippen molar-refractivity contribution < 1.29 is 4.74 Å². The van der Waals surface area contributed by atoms with Crippen LogP contribution in [-0.2, 0) is 17.8 Å². The van der Waals surface area contributed by atoms with Crippen LogP contribution in [0.1, 0.15) is 36.0 Å². The van der Waals surface area contributed by atoms with Crippen LogP contribution in [0.3, 0.4) is 0 Å². The molecule has 2 heterocycles. The number of guanidine groups is 1. The Hall–Kier alpha value is -2.12. The number of anilines is 1. The Morgan fingerprint density at radius 3 is 2.67 bits per heavy atom. The van der Waals surface area contributed by atoms with Crippen LogP contribution in [0.5, 0.6) is 0 Å². The molecule has 0 spiro atoms. The lowest BCUT2D eigenvalue weighted by Crippen LogP contribution is -2.38. The van der Waals surface area contributed by atoms with E-state index >= 15 is 0 Å². The molecule has 1 aromatic carbocycles. The summed E-state index contributed by atoms with van der Waals surface area (Å²) in [7, 11) is 1.80. The molecule has 2 aromatic rings. The number of aromatic nitrogens is 1. The zero-order valence-electron chi connectivity index (χ0n) is 16.4. The van der Waals surface area contributed by atoms with Gasteiger partial charge in [0, 0.05) is 37.7 Å². The number of nitrogens with one attached hydrogen (secondary N) is 2. The maximum atomic E-state index is 5.48. The molecule has 1 aromatic heterocycles. The normalized spacial score (nSPS) is 15.3. The minimum Gasteiger partial charge on any atom is -0.378 e. The van der Waals surface area contributed by atoms with Crippen molar-refractivity contribution in [2.45, 2.75) is 32.9 Å². The fourth-order valence-corrected chi connectivity index (χ4v) is 3.90. The van der Waals surface area contributed by atoms with Crippen LogP contribution >= 0.6 is 11.3 Å². The fourth-order valence-electron chi connectivity index (χ4n) is 3.00. The largest absolute Gasteiger partial charge is 0.378 e. The van der Waals surface area contributed by atoms with Crippen LogP contribution in [0.4, 0.5) is 5.69 Å². The minimum atomic E-state index is 0.462. The van der Waals surface area contributed by atoms with E-state index < -0.39 is 0 Å². The highest BCUT2D eigenvalue weighted by Crippen LogP contribution is 2.21. The summed E-state index contributed by atoms with van der Waals surface area (Å²) < 4.78 is 5.48. The molecule has 0 radical (unpaired) electrons. The minimum absolute atomic E-state index is 0.462. The summed E-state index contributed by atoms with van der Waals surface area (Å²) in [5.74, 6) is 1.25. The van der Waals surface area contributed by atoms with Crippen molar-refractivity contribution >= 4 is 23.0 Å². The number of hydrogen-bond donors (Lipinski definition) is 2. The van der Waals surface area contributed by atoms with Crippen molar-refractivity contribution in [1.82, 2.24) is 15.6 Å². The second-order valence-electron chi connectivity index (χ2n) is 6.83. The number of ether oxygens (including phenoxy) is 1. The molecule has 0 atom stereocenters. The lowest BCUT2D eigenvalue weighted by molar-refractivity contribution is 0.122. The highest BCUT2D eigenvalue weighted by atomic mass is 32.1. The summed E-state index contributed by atoms with van der Waals surface area (Å²) >= 11 is 1.69. The molecule has 2 N–H and O–H groups in total. The van der Waals surface area contributed by atoms with Crippen LogP contribution < -0.4 is 15.5 Å². The fraction of sp³-hybridized carbons (Fsp3) is 0.500. The molecule has 0 unspecified atom stereocenters. The Labute approximate surface area is 165 Å². The van der Waals surface area contributed by atoms with Crippen LogP contribution in [0.25, 0.3) is 0 Å². The Morgan fingerprint density at radius 2 is 1.96 bits per heavy atom. The average Bonchev–Trinajstić information content (AvgIpc) is 3.18. The van der Waals surface area contributed by atoms with Gasteiger partial charge in [-0.15, -0.1) is 11.3 Å². The smallest absolute Gasteiger partial charge is 0.191 e. The molecule has 0 amide bonds. The van der Waals surface area contributed by atoms with Gasteiger partial charge in [-0.3, -0.25) is 4.99 Å². The molecule has 0 saturated carbocycles. The molecule has 1 saturated heterocycles. The quantitative estimate of drug-likeness (QED) is 0.589. The van der Waals surface area contributed by atoms with E-state index in [0.29, 0.717) is 12.5 Å². The number of morpholine rings is 1. The van der Waals surface area contributed by atoms with Gasteiger partial charge in [-0.05, 0) is 17.5 Å². The lowest BCUT2D eigenvalue weighted by Gasteiger charge is -2.30. The van der Waals surface area contributed by atoms with Gasteiger partial charge in [0.2, 0.25) is 0 Å². The van der Waals surface area contributed by atoms with Crippen LogP contribution in [-0.4, -0.2) is 44.3 Å². The zero-order valence-corrected chi connectivity index (χ0v) is 17.2. The number of thiazole rings is 1. The Morgan fingerprint density at radius 1 is 1.22 bits per heavy atom. The summed E-state index contributed by atoms with van der Waals surface area (Å²) in [6, 6.07) is 8.53. The third-order valence-corrected chi connectivity index (χ3v) is 5.45. The standard InChI is InChI=1S/C20H29N5OS/c1-15(2)17-14-27-19(24-17)13-23-20(21-3)22-12-16-6-4-5-7-18(16)25-8-10-26-11-9-25/h4-7,14-15H,8-13H2,1-3H3,(H2,21,22,23). The molecule has 7 heteroatoms. The first-order valence-electron chi connectivity index (χ1n) is 9.46. The summed E-state index contributed by atoms with van der Waals surface area (Å²) in [6.45, 7) is 9.19. The Bertz CT molecular complexity index is 752. The maximum absolute atomic E-state index is 5.48. The molecule has 1 aliphatic rings. The first kappa shape index (κ1) is 19.6. The van der Waals surface area contributed by atoms with Gasteiger partial charge in [0.25, 0.3) is 0 Å². The second kappa shape index (κ2) is 9.71. The van der Waals surface area contributed by atoms with E-state index in [2.05, 4.69) is 69.0 Å². The monoisotopic (exact) mass is 387 g/mol. The van der Waals surface area contributed by atoms with Crippen molar-refractivity contribution in [2.24, 2.45) is 4.99 Å². The molecule has 0 bridgehead atoms. The van der Waals surface area contributed by atoms with Gasteiger partial charge in [0.15, 0.2) is 5.96 Å². The number of benzene rings is 1. The molecule has 3 rings (SSSR count). The molecule has 1 fully saturated rings. The Balaban J connectivity index is 1.56. The van der Waals surface area contributed by atoms with E-state index in [1.807, 2.05) is 0 Å². The van der Waals surface area contributed by atoms with E-state index in [9.17, 15) is 0 Å². The first-order valence-corrected chi connectivity index (χ1v) is 10.3. The van der Waals surface area contributed by atoms with Crippen molar-refractivity contribution in [2.75, 3.05) is 38.3 Å². The SMILES string of the molecule is CN=C(NCc1nc(C(C)C)cs1)NCc1ccccc1N1CCOCC1. The molecule has 6 nitrogen and oxygen atoms in total. The third-order valence-electron chi connectivity index (χ3n) is 4.58. The van der Waals surface area contributed by atoms with E-state index in [-0.39, 0.29) is 0 Å². The molecular weight excluding hydrogens is 358 g/mol. The number of aliphatic imine (C=N–C) groups is 1. The summed E-state index contributed by atoms with van der Waals surface area (Å²) in [4.78, 5) is 11.4. The number of hydrogen-bond acceptors (Lipinski definition) is 5. The predicted octanol–water partition coefficient (Wildman–Crippen LogP) is 2.97. The van der Waals surface area contributed by atoms with Gasteiger partial charge < -0.3 is 20.3 Å². The van der Waals surface area contributed by atoms with Crippen molar-refractivity contribution in [3.05, 3.63) is 45.9 Å². The third kappa shape index (κ3) is 5.43. The van der Waals surface area contributed by atoms with Gasteiger partial charge in [0.1, 0.15) is 5.01 Å². The zero-order chi connectivity index (χ0) is 19.1. The Kier molecular flexibility index (Phi) is 7.06. The van der Waals surface area contributed by atoms with Gasteiger partial charge in [-0.1, -0.05) is 32.0 Å². The predicted molar refractivity (Wildman–Crippen MR) is 113 cm³/mol. The van der Waals surface area contributed by atoms with Gasteiger partial charge in [0.05, 0.1) is 25.5 Å². The van der Waals surface area contributed by atoms with E-state index in [0.717, 1.165) is 49.5 Å². The highest BCUT2D eigenvalue weighted by molar-refractivity contribution is 7.09. The van der Waals surface area contributed by atoms with E-state index in [1.165, 1.54) is 11.3 Å². The van der Waals surface area contributed by atoms with Gasteiger partial charge in [-0.2, -0.15) is 0 Å². The molecule has 146 valence electrons. The van der Waals surface area contributed by atoms with Gasteiger partial charge in [-0.25, -0.2) is 4.98 Å². The van der Waals surface area contributed by atoms with E-state index in [1.54, 1.807) is 18.4 Å². The number of rotatable bonds is 6. The van der Waals surface area contributed by atoms with Crippen molar-refractivity contribution in [3.63, 3.8) is 0 Å². The van der Waals surface area contributed by atoms with Crippen LogP contribution in [0.2, 0.25) is 0 Å². The average molecular weight is 388 g/mol. The second-order valence-corrected chi connectivity index (χ2v) is 7.77. The van der Waals surface area contributed by atoms with Crippen molar-refractivity contribution in [3.8, 4) is 0 Å². The maximum Gasteiger partial charge on any atom is 0.191 e. The first-order chi connectivity index (χ1) is 13.2. The van der Waals surface area contributed by atoms with Crippen LogP contribution in [0.15, 0.2) is 34.6 Å². The summed E-state index contributed by atoms with van der Waals surface area (Å²) in [5.41, 5.74) is 3.68. The summed E-state index contributed by atoms with van der Waals surface area (Å²) in [6.07, 6.45) is 0. The molecule has 1 aliphatic heterocycles. The number of para-hydroxylation sites is 1. The molecule has 0 aliphatic carbocycles. The lowest BCUT2D eigenvalue weighted by atomic mass is 10.1. The van der Waals surface area contributed by atoms with Crippen LogP contribution in [0, 0.1) is 0 Å². The van der Waals surface area contributed by atoms with Crippen molar-refractivity contribution in [1.29, 1.82) is 0 Å².